The first-order chi connectivity index (χ1) is 15.0. The number of ether oxygens (including phenoxy) is 1. The number of hydrogen-bond acceptors (Lipinski definition) is 4. The lowest BCUT2D eigenvalue weighted by molar-refractivity contribution is -0.0257. The molecule has 0 radical (unpaired) electrons. The minimum absolute atomic E-state index is 0.271. The third-order valence-corrected chi connectivity index (χ3v) is 7.78. The Balaban J connectivity index is 1.20. The van der Waals surface area contributed by atoms with Gasteiger partial charge in [-0.15, -0.1) is 0 Å². The molecule has 1 saturated carbocycles. The Morgan fingerprint density at radius 2 is 1.77 bits per heavy atom. The van der Waals surface area contributed by atoms with Crippen molar-refractivity contribution >= 4 is 11.7 Å². The van der Waals surface area contributed by atoms with Crippen molar-refractivity contribution in [1.29, 1.82) is 0 Å². The predicted molar refractivity (Wildman–Crippen MR) is 125 cm³/mol. The van der Waals surface area contributed by atoms with Crippen molar-refractivity contribution in [3.05, 3.63) is 65.2 Å². The first-order valence-electron chi connectivity index (χ1n) is 11.8. The normalized spacial score (nSPS) is 23.1. The van der Waals surface area contributed by atoms with Crippen LogP contribution in [0.15, 0.2) is 48.5 Å². The van der Waals surface area contributed by atoms with Gasteiger partial charge in [0.1, 0.15) is 0 Å². The number of esters is 1. The van der Waals surface area contributed by atoms with Crippen molar-refractivity contribution in [3.8, 4) is 0 Å². The number of benzene rings is 2. The summed E-state index contributed by atoms with van der Waals surface area (Å²) in [6, 6.07) is 18.3. The lowest BCUT2D eigenvalue weighted by Crippen LogP contribution is -2.66. The van der Waals surface area contributed by atoms with E-state index in [4.69, 9.17) is 4.74 Å². The van der Waals surface area contributed by atoms with Gasteiger partial charge >= 0.3 is 5.97 Å². The monoisotopic (exact) mass is 418 g/mol. The zero-order valence-corrected chi connectivity index (χ0v) is 19.0. The third kappa shape index (κ3) is 3.65. The summed E-state index contributed by atoms with van der Waals surface area (Å²) in [5.41, 5.74) is 5.42. The van der Waals surface area contributed by atoms with E-state index in [9.17, 15) is 4.79 Å². The lowest BCUT2D eigenvalue weighted by atomic mass is 9.60. The van der Waals surface area contributed by atoms with Gasteiger partial charge in [0, 0.05) is 36.3 Å². The van der Waals surface area contributed by atoms with Crippen LogP contribution in [-0.2, 0) is 4.74 Å². The number of rotatable bonds is 5. The summed E-state index contributed by atoms with van der Waals surface area (Å²) >= 11 is 0. The minimum Gasteiger partial charge on any atom is -0.465 e. The average molecular weight is 419 g/mol. The van der Waals surface area contributed by atoms with Gasteiger partial charge in [-0.05, 0) is 73.5 Å². The van der Waals surface area contributed by atoms with Crippen molar-refractivity contribution in [2.24, 2.45) is 5.41 Å². The maximum atomic E-state index is 11.6. The molecule has 2 heterocycles. The maximum absolute atomic E-state index is 11.6. The predicted octanol–water partition coefficient (Wildman–Crippen LogP) is 5.40. The molecule has 2 aromatic carbocycles. The van der Waals surface area contributed by atoms with E-state index >= 15 is 0 Å². The first kappa shape index (κ1) is 20.6. The highest BCUT2D eigenvalue weighted by Crippen LogP contribution is 2.54. The molecular formula is C27H34N2O2. The zero-order chi connectivity index (χ0) is 21.6. The molecule has 2 aliphatic heterocycles. The van der Waals surface area contributed by atoms with Crippen molar-refractivity contribution in [2.75, 3.05) is 31.6 Å². The third-order valence-electron chi connectivity index (χ3n) is 7.78. The molecule has 3 aliphatic rings. The molecule has 1 unspecified atom stereocenters. The molecule has 0 aromatic heterocycles. The summed E-state index contributed by atoms with van der Waals surface area (Å²) < 4.78 is 4.80. The van der Waals surface area contributed by atoms with Crippen LogP contribution in [0.5, 0.6) is 0 Å². The van der Waals surface area contributed by atoms with Gasteiger partial charge in [0.05, 0.1) is 12.7 Å². The Morgan fingerprint density at radius 1 is 1.06 bits per heavy atom. The van der Waals surface area contributed by atoms with Gasteiger partial charge in [0.25, 0.3) is 0 Å². The van der Waals surface area contributed by atoms with Crippen LogP contribution >= 0.6 is 0 Å². The summed E-state index contributed by atoms with van der Waals surface area (Å²) in [6.07, 6.45) is 5.26. The van der Waals surface area contributed by atoms with Crippen LogP contribution < -0.4 is 4.90 Å². The van der Waals surface area contributed by atoms with Gasteiger partial charge in [-0.1, -0.05) is 38.1 Å². The van der Waals surface area contributed by atoms with E-state index in [-0.39, 0.29) is 5.97 Å². The van der Waals surface area contributed by atoms with Crippen molar-refractivity contribution in [2.45, 2.75) is 57.5 Å². The minimum atomic E-state index is -0.271. The molecule has 2 aromatic rings. The summed E-state index contributed by atoms with van der Waals surface area (Å²) in [5, 5.41) is 0. The van der Waals surface area contributed by atoms with E-state index in [0.29, 0.717) is 22.9 Å². The number of hydrogen-bond donors (Lipinski definition) is 0. The van der Waals surface area contributed by atoms with Gasteiger partial charge in [-0.25, -0.2) is 4.79 Å². The summed E-state index contributed by atoms with van der Waals surface area (Å²) in [6.45, 7) is 8.16. The lowest BCUT2D eigenvalue weighted by Gasteiger charge is -2.62. The van der Waals surface area contributed by atoms with E-state index in [1.807, 2.05) is 12.1 Å². The Labute approximate surface area is 186 Å². The molecule has 4 nitrogen and oxygen atoms in total. The number of nitrogens with zero attached hydrogens (tertiary/aromatic N) is 2. The Bertz CT molecular complexity index is 938. The fraction of sp³-hybridized carbons (Fsp3) is 0.519. The molecule has 0 bridgehead atoms. The van der Waals surface area contributed by atoms with Crippen LogP contribution in [0.1, 0.15) is 73.0 Å². The smallest absolute Gasteiger partial charge is 0.337 e. The van der Waals surface area contributed by atoms with Gasteiger partial charge in [-0.2, -0.15) is 0 Å². The molecule has 1 atom stereocenters. The standard InChI is InChI=1S/C27H34N2O2/c1-19(2)23-7-4-5-8-24(23)25-9-6-14-29(25)22-15-27(16-22)17-28(18-27)21-12-10-20(11-13-21)26(30)31-3/h4-5,7-8,10-13,19,22,25H,6,9,14-18H2,1-3H3. The summed E-state index contributed by atoms with van der Waals surface area (Å²) in [4.78, 5) is 16.9. The van der Waals surface area contributed by atoms with E-state index in [2.05, 4.69) is 60.0 Å². The van der Waals surface area contributed by atoms with Crippen molar-refractivity contribution in [1.82, 2.24) is 4.90 Å². The SMILES string of the molecule is COC(=O)c1ccc(N2CC3(CC(N4CCCC4c4ccccc4C(C)C)C3)C2)cc1. The van der Waals surface area contributed by atoms with Crippen LogP contribution in [0.4, 0.5) is 5.69 Å². The summed E-state index contributed by atoms with van der Waals surface area (Å²) in [5.74, 6) is 0.310. The summed E-state index contributed by atoms with van der Waals surface area (Å²) in [7, 11) is 1.43. The van der Waals surface area contributed by atoms with E-state index in [1.165, 1.54) is 50.6 Å². The second kappa shape index (κ2) is 7.98. The Hall–Kier alpha value is -2.33. The molecule has 0 amide bonds. The fourth-order valence-electron chi connectivity index (χ4n) is 6.21. The molecule has 1 spiro atoms. The quantitative estimate of drug-likeness (QED) is 0.609. The van der Waals surface area contributed by atoms with Crippen molar-refractivity contribution in [3.63, 3.8) is 0 Å². The van der Waals surface area contributed by atoms with Crippen LogP contribution in [0, 0.1) is 5.41 Å². The number of methoxy groups -OCH3 is 1. The number of carbonyl (C=O) groups is 1. The molecule has 164 valence electrons. The second-order valence-electron chi connectivity index (χ2n) is 10.1. The molecule has 2 saturated heterocycles. The Morgan fingerprint density at radius 3 is 2.45 bits per heavy atom. The zero-order valence-electron chi connectivity index (χ0n) is 19.0. The molecule has 4 heteroatoms. The van der Waals surface area contributed by atoms with E-state index in [1.54, 1.807) is 5.56 Å². The number of anilines is 1. The molecule has 0 N–H and O–H groups in total. The van der Waals surface area contributed by atoms with Crippen LogP contribution in [-0.4, -0.2) is 43.7 Å². The highest BCUT2D eigenvalue weighted by Gasteiger charge is 2.55. The molecule has 5 rings (SSSR count). The number of carbonyl (C=O) groups excluding carboxylic acids is 1. The molecule has 1 aliphatic carbocycles. The highest BCUT2D eigenvalue weighted by atomic mass is 16.5. The topological polar surface area (TPSA) is 32.8 Å². The van der Waals surface area contributed by atoms with Gasteiger partial charge in [-0.3, -0.25) is 4.90 Å². The van der Waals surface area contributed by atoms with Crippen molar-refractivity contribution < 1.29 is 9.53 Å². The second-order valence-corrected chi connectivity index (χ2v) is 10.1. The van der Waals surface area contributed by atoms with Crippen LogP contribution in [0.2, 0.25) is 0 Å². The van der Waals surface area contributed by atoms with E-state index in [0.717, 1.165) is 19.1 Å². The Kier molecular flexibility index (Phi) is 5.29. The van der Waals surface area contributed by atoms with Crippen LogP contribution in [0.3, 0.4) is 0 Å². The molecule has 31 heavy (non-hydrogen) atoms. The van der Waals surface area contributed by atoms with Crippen LogP contribution in [0.25, 0.3) is 0 Å². The molecular weight excluding hydrogens is 384 g/mol. The number of likely N-dealkylation sites (tertiary alicyclic amines) is 1. The first-order valence-corrected chi connectivity index (χ1v) is 11.8. The van der Waals surface area contributed by atoms with Gasteiger partial charge in [0.2, 0.25) is 0 Å². The maximum Gasteiger partial charge on any atom is 0.337 e. The van der Waals surface area contributed by atoms with Gasteiger partial charge < -0.3 is 9.64 Å². The molecule has 3 fully saturated rings. The van der Waals surface area contributed by atoms with Gasteiger partial charge in [0.15, 0.2) is 0 Å². The largest absolute Gasteiger partial charge is 0.465 e. The van der Waals surface area contributed by atoms with E-state index < -0.39 is 0 Å². The highest BCUT2D eigenvalue weighted by molar-refractivity contribution is 5.89. The fourth-order valence-corrected chi connectivity index (χ4v) is 6.21. The average Bonchev–Trinajstić information content (AvgIpc) is 3.21.